The molecule has 128 valence electrons. The monoisotopic (exact) mass is 346 g/mol. The van der Waals surface area contributed by atoms with Gasteiger partial charge in [0.2, 0.25) is 0 Å². The first-order valence-corrected chi connectivity index (χ1v) is 7.80. The average molecular weight is 346 g/mol. The molecular weight excluding hydrogens is 332 g/mol. The fourth-order valence-electron chi connectivity index (χ4n) is 2.53. The summed E-state index contributed by atoms with van der Waals surface area (Å²) in [7, 11) is 0. The van der Waals surface area contributed by atoms with Crippen LogP contribution in [0.25, 0.3) is 11.5 Å². The second-order valence-corrected chi connectivity index (χ2v) is 5.58. The zero-order chi connectivity index (χ0) is 17.9. The molecule has 0 aliphatic rings. The molecule has 0 atom stereocenters. The first kappa shape index (κ1) is 15.6. The van der Waals surface area contributed by atoms with Gasteiger partial charge in [0.15, 0.2) is 0 Å². The zero-order valence-electron chi connectivity index (χ0n) is 13.8. The van der Waals surface area contributed by atoms with Crippen LogP contribution in [0.4, 0.5) is 5.69 Å². The SMILES string of the molecule is Cc1cc(NC(=O)c2ccc(-n3ccnc3)nc2)ccc1-n1cnnn1. The van der Waals surface area contributed by atoms with E-state index in [-0.39, 0.29) is 5.91 Å². The number of carbonyl (C=O) groups excluding carboxylic acids is 1. The molecule has 0 unspecified atom stereocenters. The maximum Gasteiger partial charge on any atom is 0.257 e. The molecule has 3 aromatic heterocycles. The number of benzene rings is 1. The van der Waals surface area contributed by atoms with E-state index in [4.69, 9.17) is 0 Å². The van der Waals surface area contributed by atoms with Gasteiger partial charge in [0.25, 0.3) is 5.91 Å². The van der Waals surface area contributed by atoms with E-state index in [1.165, 1.54) is 12.5 Å². The molecule has 0 spiro atoms. The van der Waals surface area contributed by atoms with Gasteiger partial charge >= 0.3 is 0 Å². The van der Waals surface area contributed by atoms with Crippen molar-refractivity contribution in [1.29, 1.82) is 0 Å². The third kappa shape index (κ3) is 3.05. The number of imidazole rings is 1. The van der Waals surface area contributed by atoms with Crippen molar-refractivity contribution in [2.45, 2.75) is 6.92 Å². The normalized spacial score (nSPS) is 10.7. The summed E-state index contributed by atoms with van der Waals surface area (Å²) >= 11 is 0. The summed E-state index contributed by atoms with van der Waals surface area (Å²) in [5, 5.41) is 14.0. The van der Waals surface area contributed by atoms with E-state index in [0.717, 1.165) is 11.3 Å². The van der Waals surface area contributed by atoms with Crippen molar-refractivity contribution in [2.24, 2.45) is 0 Å². The molecule has 1 N–H and O–H groups in total. The molecule has 0 aliphatic carbocycles. The lowest BCUT2D eigenvalue weighted by molar-refractivity contribution is 0.102. The lowest BCUT2D eigenvalue weighted by Crippen LogP contribution is -2.13. The lowest BCUT2D eigenvalue weighted by atomic mass is 10.1. The number of aryl methyl sites for hydroxylation is 1. The minimum absolute atomic E-state index is 0.232. The van der Waals surface area contributed by atoms with Crippen LogP contribution in [-0.2, 0) is 0 Å². The molecule has 9 nitrogen and oxygen atoms in total. The molecule has 1 aromatic carbocycles. The van der Waals surface area contributed by atoms with Gasteiger partial charge in [0, 0.05) is 24.3 Å². The number of carbonyl (C=O) groups is 1. The maximum absolute atomic E-state index is 12.4. The van der Waals surface area contributed by atoms with E-state index >= 15 is 0 Å². The molecule has 9 heteroatoms. The molecule has 1 amide bonds. The van der Waals surface area contributed by atoms with E-state index in [0.29, 0.717) is 17.1 Å². The zero-order valence-corrected chi connectivity index (χ0v) is 13.8. The minimum Gasteiger partial charge on any atom is -0.322 e. The van der Waals surface area contributed by atoms with Crippen LogP contribution in [0.5, 0.6) is 0 Å². The number of amides is 1. The highest BCUT2D eigenvalue weighted by atomic mass is 16.1. The van der Waals surface area contributed by atoms with Gasteiger partial charge in [-0.3, -0.25) is 9.36 Å². The lowest BCUT2D eigenvalue weighted by Gasteiger charge is -2.09. The molecular formula is C17H14N8O. The van der Waals surface area contributed by atoms with Crippen molar-refractivity contribution in [3.05, 3.63) is 72.7 Å². The average Bonchev–Trinajstić information content (AvgIpc) is 3.36. The van der Waals surface area contributed by atoms with E-state index in [9.17, 15) is 4.79 Å². The van der Waals surface area contributed by atoms with Gasteiger partial charge in [-0.2, -0.15) is 0 Å². The standard InChI is InChI=1S/C17H14N8O/c1-12-8-14(3-4-15(12)25-11-20-22-23-25)21-17(26)13-2-5-16(19-9-13)24-7-6-18-10-24/h2-11H,1H3,(H,21,26). The highest BCUT2D eigenvalue weighted by molar-refractivity contribution is 6.04. The van der Waals surface area contributed by atoms with E-state index in [1.54, 1.807) is 46.2 Å². The van der Waals surface area contributed by atoms with Gasteiger partial charge in [-0.25, -0.2) is 14.6 Å². The summed E-state index contributed by atoms with van der Waals surface area (Å²) < 4.78 is 3.34. The number of tetrazole rings is 1. The van der Waals surface area contributed by atoms with Gasteiger partial charge in [0.05, 0.1) is 11.3 Å². The molecule has 0 saturated carbocycles. The van der Waals surface area contributed by atoms with Crippen LogP contribution in [-0.4, -0.2) is 40.6 Å². The Morgan fingerprint density at radius 2 is 2.08 bits per heavy atom. The summed E-state index contributed by atoms with van der Waals surface area (Å²) in [4.78, 5) is 20.7. The molecule has 0 fully saturated rings. The largest absolute Gasteiger partial charge is 0.322 e. The Balaban J connectivity index is 1.50. The number of rotatable bonds is 4. The molecule has 0 bridgehead atoms. The van der Waals surface area contributed by atoms with Crippen LogP contribution in [0.2, 0.25) is 0 Å². The number of pyridine rings is 1. The molecule has 0 radical (unpaired) electrons. The number of hydrogen-bond acceptors (Lipinski definition) is 6. The number of nitrogens with one attached hydrogen (secondary N) is 1. The van der Waals surface area contributed by atoms with Crippen LogP contribution in [0.3, 0.4) is 0 Å². The van der Waals surface area contributed by atoms with Crippen molar-refractivity contribution in [1.82, 2.24) is 34.7 Å². The fourth-order valence-corrected chi connectivity index (χ4v) is 2.53. The van der Waals surface area contributed by atoms with Crippen molar-refractivity contribution < 1.29 is 4.79 Å². The van der Waals surface area contributed by atoms with Crippen LogP contribution in [0.15, 0.2) is 61.6 Å². The van der Waals surface area contributed by atoms with E-state index < -0.39 is 0 Å². The molecule has 0 saturated heterocycles. The van der Waals surface area contributed by atoms with Crippen molar-refractivity contribution in [2.75, 3.05) is 5.32 Å². The highest BCUT2D eigenvalue weighted by Crippen LogP contribution is 2.18. The molecule has 3 heterocycles. The number of nitrogens with zero attached hydrogens (tertiary/aromatic N) is 7. The smallest absolute Gasteiger partial charge is 0.257 e. The summed E-state index contributed by atoms with van der Waals surface area (Å²) in [6.45, 7) is 1.92. The first-order chi connectivity index (χ1) is 12.7. The Morgan fingerprint density at radius 1 is 1.15 bits per heavy atom. The van der Waals surface area contributed by atoms with E-state index in [2.05, 4.69) is 30.8 Å². The topological polar surface area (TPSA) is 103 Å². The summed E-state index contributed by atoms with van der Waals surface area (Å²) in [6.07, 6.45) is 8.17. The molecule has 0 aliphatic heterocycles. The number of hydrogen-bond donors (Lipinski definition) is 1. The summed E-state index contributed by atoms with van der Waals surface area (Å²) in [5.41, 5.74) is 2.93. The van der Waals surface area contributed by atoms with Gasteiger partial charge in [-0.05, 0) is 53.2 Å². The second-order valence-electron chi connectivity index (χ2n) is 5.58. The van der Waals surface area contributed by atoms with Crippen molar-refractivity contribution in [3.63, 3.8) is 0 Å². The Morgan fingerprint density at radius 3 is 2.73 bits per heavy atom. The van der Waals surface area contributed by atoms with Crippen LogP contribution >= 0.6 is 0 Å². The molecule has 26 heavy (non-hydrogen) atoms. The van der Waals surface area contributed by atoms with Crippen LogP contribution in [0, 0.1) is 6.92 Å². The minimum atomic E-state index is -0.232. The third-order valence-corrected chi connectivity index (χ3v) is 3.83. The summed E-state index contributed by atoms with van der Waals surface area (Å²) in [6, 6.07) is 9.00. The van der Waals surface area contributed by atoms with Gasteiger partial charge in [0.1, 0.15) is 18.5 Å². The highest BCUT2D eigenvalue weighted by Gasteiger charge is 2.09. The second kappa shape index (κ2) is 6.55. The van der Waals surface area contributed by atoms with Crippen molar-refractivity contribution >= 4 is 11.6 Å². The first-order valence-electron chi connectivity index (χ1n) is 7.80. The fraction of sp³-hybridized carbons (Fsp3) is 0.0588. The quantitative estimate of drug-likeness (QED) is 0.604. The van der Waals surface area contributed by atoms with Crippen LogP contribution in [0.1, 0.15) is 15.9 Å². The van der Waals surface area contributed by atoms with Gasteiger partial charge in [-0.15, -0.1) is 5.10 Å². The Kier molecular flexibility index (Phi) is 3.94. The van der Waals surface area contributed by atoms with Gasteiger partial charge in [-0.1, -0.05) is 0 Å². The summed E-state index contributed by atoms with van der Waals surface area (Å²) in [5.74, 6) is 0.463. The van der Waals surface area contributed by atoms with Crippen LogP contribution < -0.4 is 5.32 Å². The van der Waals surface area contributed by atoms with Gasteiger partial charge < -0.3 is 5.32 Å². The predicted octanol–water partition coefficient (Wildman–Crippen LogP) is 1.80. The Labute approximate surface area is 148 Å². The molecule has 4 aromatic rings. The number of anilines is 1. The van der Waals surface area contributed by atoms with Crippen molar-refractivity contribution in [3.8, 4) is 11.5 Å². The Bertz CT molecular complexity index is 1020. The maximum atomic E-state index is 12.4. The predicted molar refractivity (Wildman–Crippen MR) is 93.2 cm³/mol. The number of aromatic nitrogens is 7. The molecule has 4 rings (SSSR count). The third-order valence-electron chi connectivity index (χ3n) is 3.83. The Hall–Kier alpha value is -3.88. The van der Waals surface area contributed by atoms with E-state index in [1.807, 2.05) is 19.1 Å².